The van der Waals surface area contributed by atoms with Crippen LogP contribution in [0.3, 0.4) is 0 Å². The monoisotopic (exact) mass is 532 g/mol. The summed E-state index contributed by atoms with van der Waals surface area (Å²) in [5.74, 6) is 0. The first-order chi connectivity index (χ1) is 20.6. The maximum atomic E-state index is 2.59. The molecular weight excluding hydrogens is 507 g/mol. The number of rotatable bonds is 0. The molecule has 0 saturated carbocycles. The van der Waals surface area contributed by atoms with E-state index in [1.54, 1.807) is 0 Å². The molecule has 0 N–H and O–H groups in total. The van der Waals surface area contributed by atoms with Gasteiger partial charge in [0, 0.05) is 43.9 Å². The number of aromatic nitrogens is 2. The Morgan fingerprint density at radius 2 is 1.24 bits per heavy atom. The molecule has 0 fully saturated rings. The van der Waals surface area contributed by atoms with E-state index in [2.05, 4.69) is 138 Å². The first kappa shape index (κ1) is 21.7. The average Bonchev–Trinajstić information content (AvgIpc) is 3.62. The molecule has 2 aliphatic heterocycles. The Morgan fingerprint density at radius 1 is 0.500 bits per heavy atom. The smallest absolute Gasteiger partial charge is 0.252 e. The van der Waals surface area contributed by atoms with Gasteiger partial charge in [0.15, 0.2) is 0 Å². The molecule has 2 aromatic heterocycles. The van der Waals surface area contributed by atoms with Crippen molar-refractivity contribution in [3.8, 4) is 22.5 Å². The van der Waals surface area contributed by atoms with Crippen LogP contribution in [-0.2, 0) is 5.41 Å². The van der Waals surface area contributed by atoms with Gasteiger partial charge in [0.05, 0.1) is 16.6 Å². The van der Waals surface area contributed by atoms with Gasteiger partial charge in [-0.1, -0.05) is 98.8 Å². The molecule has 1 aliphatic carbocycles. The molecule has 42 heavy (non-hydrogen) atoms. The third kappa shape index (κ3) is 2.22. The maximum Gasteiger partial charge on any atom is 0.252 e. The Balaban J connectivity index is 1.37. The van der Waals surface area contributed by atoms with Gasteiger partial charge < -0.3 is 9.13 Å². The second-order valence-electron chi connectivity index (χ2n) is 12.9. The number of fused-ring (bicyclic) bond motifs is 14. The van der Waals surface area contributed by atoms with Crippen molar-refractivity contribution in [2.45, 2.75) is 19.3 Å². The van der Waals surface area contributed by atoms with Crippen molar-refractivity contribution in [2.24, 2.45) is 0 Å². The molecule has 8 aromatic rings. The molecule has 6 aromatic carbocycles. The summed E-state index contributed by atoms with van der Waals surface area (Å²) in [6.07, 6.45) is 0. The van der Waals surface area contributed by atoms with Crippen molar-refractivity contribution in [3.63, 3.8) is 0 Å². The normalized spacial score (nSPS) is 15.0. The topological polar surface area (TPSA) is 9.86 Å². The van der Waals surface area contributed by atoms with E-state index in [1.165, 1.54) is 93.6 Å². The fourth-order valence-electron chi connectivity index (χ4n) is 8.98. The van der Waals surface area contributed by atoms with E-state index in [9.17, 15) is 0 Å². The molecule has 0 spiro atoms. The standard InChI is InChI=1S/C39H25BN2/c1-39(2)28-13-5-3-10-22(28)26-20-27-25-18-19-34-36-38(25)42(35(27)21-29(26)39)33-17-8-6-14-30(33)40(36)31-15-9-12-24-23-11-4-7-16-32(23)41(34)37(24)31/h3-21H,1-2H3. The number of benzene rings is 6. The Morgan fingerprint density at radius 3 is 2.19 bits per heavy atom. The average molecular weight is 532 g/mol. The predicted octanol–water partition coefficient (Wildman–Crippen LogP) is 7.33. The van der Waals surface area contributed by atoms with E-state index in [1.807, 2.05) is 0 Å². The lowest BCUT2D eigenvalue weighted by Crippen LogP contribution is -2.59. The van der Waals surface area contributed by atoms with Gasteiger partial charge in [-0.2, -0.15) is 0 Å². The van der Waals surface area contributed by atoms with Crippen LogP contribution in [0.2, 0.25) is 0 Å². The number of nitrogens with zero attached hydrogens (tertiary/aromatic N) is 2. The van der Waals surface area contributed by atoms with E-state index >= 15 is 0 Å². The molecule has 2 nitrogen and oxygen atoms in total. The summed E-state index contributed by atoms with van der Waals surface area (Å²) < 4.78 is 5.13. The SMILES string of the molecule is CC1(C)c2ccccc2-c2cc3c4ccc5c6c4n(c3cc21)-c1ccccc1B6c1cccc2c3ccccc3n-5c12. The summed E-state index contributed by atoms with van der Waals surface area (Å²) in [5.41, 5.74) is 17.7. The maximum absolute atomic E-state index is 2.59. The van der Waals surface area contributed by atoms with Gasteiger partial charge in [-0.15, -0.1) is 0 Å². The summed E-state index contributed by atoms with van der Waals surface area (Å²) >= 11 is 0. The third-order valence-corrected chi connectivity index (χ3v) is 10.7. The molecule has 194 valence electrons. The van der Waals surface area contributed by atoms with E-state index in [0.717, 1.165) is 0 Å². The van der Waals surface area contributed by atoms with Crippen LogP contribution < -0.4 is 16.4 Å². The highest BCUT2D eigenvalue weighted by Gasteiger charge is 2.42. The van der Waals surface area contributed by atoms with Crippen LogP contribution in [0.4, 0.5) is 0 Å². The molecule has 0 saturated heterocycles. The minimum atomic E-state index is -0.0401. The van der Waals surface area contributed by atoms with Crippen molar-refractivity contribution in [2.75, 3.05) is 0 Å². The van der Waals surface area contributed by atoms with Crippen LogP contribution >= 0.6 is 0 Å². The summed E-state index contributed by atoms with van der Waals surface area (Å²) in [7, 11) is 0. The highest BCUT2D eigenvalue weighted by atomic mass is 15.0. The van der Waals surface area contributed by atoms with Gasteiger partial charge in [-0.05, 0) is 69.0 Å². The Kier molecular flexibility index (Phi) is 3.56. The van der Waals surface area contributed by atoms with Gasteiger partial charge in [0.25, 0.3) is 6.71 Å². The van der Waals surface area contributed by atoms with Crippen molar-refractivity contribution in [3.05, 3.63) is 126 Å². The van der Waals surface area contributed by atoms with E-state index in [4.69, 9.17) is 0 Å². The van der Waals surface area contributed by atoms with Crippen molar-refractivity contribution < 1.29 is 0 Å². The highest BCUT2D eigenvalue weighted by Crippen LogP contribution is 2.51. The highest BCUT2D eigenvalue weighted by molar-refractivity contribution is 7.00. The fourth-order valence-corrected chi connectivity index (χ4v) is 8.98. The molecule has 11 rings (SSSR count). The van der Waals surface area contributed by atoms with E-state index < -0.39 is 0 Å². The molecular formula is C39H25BN2. The van der Waals surface area contributed by atoms with Gasteiger partial charge in [-0.3, -0.25) is 0 Å². The molecule has 0 atom stereocenters. The molecule has 0 bridgehead atoms. The third-order valence-electron chi connectivity index (χ3n) is 10.7. The zero-order valence-corrected chi connectivity index (χ0v) is 23.4. The number of hydrogen-bond acceptors (Lipinski definition) is 0. The Labute approximate surface area is 243 Å². The Hall–Kier alpha value is -5.02. The minimum Gasteiger partial charge on any atom is -0.310 e. The van der Waals surface area contributed by atoms with E-state index in [-0.39, 0.29) is 12.1 Å². The first-order valence-electron chi connectivity index (χ1n) is 15.0. The molecule has 3 aliphatic rings. The first-order valence-corrected chi connectivity index (χ1v) is 15.0. The van der Waals surface area contributed by atoms with Gasteiger partial charge in [-0.25, -0.2) is 0 Å². The zero-order chi connectivity index (χ0) is 27.5. The molecule has 4 heterocycles. The minimum absolute atomic E-state index is 0.0401. The van der Waals surface area contributed by atoms with Gasteiger partial charge in [0.1, 0.15) is 0 Å². The second-order valence-corrected chi connectivity index (χ2v) is 12.9. The summed E-state index contributed by atoms with van der Waals surface area (Å²) in [4.78, 5) is 0. The quantitative estimate of drug-likeness (QED) is 0.181. The van der Waals surface area contributed by atoms with Gasteiger partial charge >= 0.3 is 0 Å². The van der Waals surface area contributed by atoms with Crippen LogP contribution in [0, 0.1) is 0 Å². The second kappa shape index (κ2) is 6.88. The van der Waals surface area contributed by atoms with Crippen molar-refractivity contribution >= 4 is 66.7 Å². The molecule has 3 heteroatoms. The predicted molar refractivity (Wildman–Crippen MR) is 177 cm³/mol. The van der Waals surface area contributed by atoms with Gasteiger partial charge in [0.2, 0.25) is 0 Å². The summed E-state index contributed by atoms with van der Waals surface area (Å²) in [6, 6.07) is 43.7. The largest absolute Gasteiger partial charge is 0.310 e. The number of hydrogen-bond donors (Lipinski definition) is 0. The van der Waals surface area contributed by atoms with Crippen molar-refractivity contribution in [1.82, 2.24) is 9.13 Å². The fraction of sp³-hybridized carbons (Fsp3) is 0.0769. The van der Waals surface area contributed by atoms with E-state index in [0.29, 0.717) is 0 Å². The van der Waals surface area contributed by atoms with Crippen LogP contribution in [0.5, 0.6) is 0 Å². The lowest BCUT2D eigenvalue weighted by Gasteiger charge is -2.33. The number of para-hydroxylation sites is 3. The lowest BCUT2D eigenvalue weighted by molar-refractivity contribution is 0.661. The summed E-state index contributed by atoms with van der Waals surface area (Å²) in [6.45, 7) is 4.96. The van der Waals surface area contributed by atoms with Crippen LogP contribution in [0.25, 0.3) is 66.1 Å². The zero-order valence-electron chi connectivity index (χ0n) is 23.4. The molecule has 0 amide bonds. The van der Waals surface area contributed by atoms with Crippen LogP contribution in [0.15, 0.2) is 115 Å². The molecule has 0 unspecified atom stereocenters. The van der Waals surface area contributed by atoms with Crippen LogP contribution in [0.1, 0.15) is 25.0 Å². The summed E-state index contributed by atoms with van der Waals surface area (Å²) in [5, 5.41) is 5.36. The van der Waals surface area contributed by atoms with Crippen molar-refractivity contribution in [1.29, 1.82) is 0 Å². The lowest BCUT2D eigenvalue weighted by atomic mass is 9.34. The van der Waals surface area contributed by atoms with Crippen LogP contribution in [-0.4, -0.2) is 15.8 Å². The Bertz CT molecular complexity index is 2560. The molecule has 0 radical (unpaired) electrons.